The third-order valence-electron chi connectivity index (χ3n) is 2.22. The van der Waals surface area contributed by atoms with Crippen LogP contribution in [0.15, 0.2) is 59.8 Å². The van der Waals surface area contributed by atoms with Crippen LogP contribution >= 0.6 is 15.9 Å². The number of pyridine rings is 1. The van der Waals surface area contributed by atoms with Crippen LogP contribution in [-0.2, 0) is 0 Å². The highest BCUT2D eigenvalue weighted by atomic mass is 79.9. The summed E-state index contributed by atoms with van der Waals surface area (Å²) in [4.78, 5) is 4.03. The minimum atomic E-state index is 0.971. The molecule has 1 aromatic heterocycles. The molecule has 1 heterocycles. The summed E-state index contributed by atoms with van der Waals surface area (Å²) in [6, 6.07) is 12.1. The molecule has 0 aliphatic carbocycles. The fourth-order valence-corrected chi connectivity index (χ4v) is 1.90. The van der Waals surface area contributed by atoms with Gasteiger partial charge in [-0.2, -0.15) is 0 Å². The third-order valence-corrected chi connectivity index (χ3v) is 2.85. The van der Waals surface area contributed by atoms with Gasteiger partial charge in [0.2, 0.25) is 0 Å². The second-order valence-corrected chi connectivity index (χ2v) is 4.05. The van der Waals surface area contributed by atoms with E-state index in [0.717, 1.165) is 21.2 Å². The van der Waals surface area contributed by atoms with Gasteiger partial charge in [0.05, 0.1) is 0 Å². The van der Waals surface area contributed by atoms with Crippen molar-refractivity contribution in [3.05, 3.63) is 71.0 Å². The highest BCUT2D eigenvalue weighted by Crippen LogP contribution is 2.26. The van der Waals surface area contributed by atoms with Crippen molar-refractivity contribution in [2.45, 2.75) is 0 Å². The third kappa shape index (κ3) is 2.16. The van der Waals surface area contributed by atoms with Gasteiger partial charge in [-0.25, -0.2) is 0 Å². The Kier molecular flexibility index (Phi) is 2.97. The number of aromatic nitrogens is 1. The average Bonchev–Trinajstić information content (AvgIpc) is 2.30. The van der Waals surface area contributed by atoms with Gasteiger partial charge < -0.3 is 0 Å². The minimum Gasteiger partial charge on any atom is -0.264 e. The number of hydrogen-bond acceptors (Lipinski definition) is 1. The summed E-state index contributed by atoms with van der Waals surface area (Å²) in [6.07, 6.45) is 3.55. The number of nitrogens with zero attached hydrogens (tertiary/aromatic N) is 1. The number of halogens is 1. The molecule has 2 rings (SSSR count). The first-order chi connectivity index (χ1) is 7.29. The Bertz CT molecular complexity index is 477. The maximum Gasteiger partial charge on any atom is 0.0437 e. The van der Waals surface area contributed by atoms with E-state index < -0.39 is 0 Å². The van der Waals surface area contributed by atoms with E-state index >= 15 is 0 Å². The molecular formula is C13H10BrN. The highest BCUT2D eigenvalue weighted by Gasteiger charge is 2.04. The van der Waals surface area contributed by atoms with Crippen LogP contribution in [0.25, 0.3) is 5.57 Å². The van der Waals surface area contributed by atoms with Crippen molar-refractivity contribution in [3.63, 3.8) is 0 Å². The quantitative estimate of drug-likeness (QED) is 0.797. The number of rotatable bonds is 2. The van der Waals surface area contributed by atoms with Crippen LogP contribution in [0, 0.1) is 0 Å². The van der Waals surface area contributed by atoms with Crippen LogP contribution in [0.3, 0.4) is 0 Å². The Labute approximate surface area is 97.6 Å². The Morgan fingerprint density at radius 2 is 1.87 bits per heavy atom. The lowest BCUT2D eigenvalue weighted by Crippen LogP contribution is -1.87. The second-order valence-electron chi connectivity index (χ2n) is 3.20. The Balaban J connectivity index is 2.42. The molecule has 0 saturated heterocycles. The van der Waals surface area contributed by atoms with Gasteiger partial charge >= 0.3 is 0 Å². The van der Waals surface area contributed by atoms with E-state index in [1.807, 2.05) is 24.3 Å². The Hall–Kier alpha value is -1.41. The number of hydrogen-bond donors (Lipinski definition) is 0. The molecule has 0 spiro atoms. The summed E-state index contributed by atoms with van der Waals surface area (Å²) in [7, 11) is 0. The summed E-state index contributed by atoms with van der Waals surface area (Å²) in [5.74, 6) is 0. The first-order valence-corrected chi connectivity index (χ1v) is 5.42. The van der Waals surface area contributed by atoms with E-state index in [0.29, 0.717) is 0 Å². The van der Waals surface area contributed by atoms with E-state index in [1.54, 1.807) is 12.4 Å². The van der Waals surface area contributed by atoms with Gasteiger partial charge in [-0.15, -0.1) is 0 Å². The van der Waals surface area contributed by atoms with Crippen molar-refractivity contribution in [1.82, 2.24) is 4.98 Å². The Morgan fingerprint density at radius 1 is 1.13 bits per heavy atom. The van der Waals surface area contributed by atoms with Crippen molar-refractivity contribution in [2.75, 3.05) is 0 Å². The molecule has 1 nitrogen and oxygen atoms in total. The van der Waals surface area contributed by atoms with Crippen molar-refractivity contribution < 1.29 is 0 Å². The van der Waals surface area contributed by atoms with Crippen LogP contribution in [0.5, 0.6) is 0 Å². The molecule has 15 heavy (non-hydrogen) atoms. The van der Waals surface area contributed by atoms with E-state index in [4.69, 9.17) is 0 Å². The standard InChI is InChI=1S/C13H10BrN/c1-10(11-5-3-2-4-6-11)12-7-8-15-9-13(12)14/h2-9H,1H2. The fraction of sp³-hybridized carbons (Fsp3) is 0. The molecule has 0 fully saturated rings. The van der Waals surface area contributed by atoms with Gasteiger partial charge in [-0.3, -0.25) is 4.98 Å². The molecule has 0 N–H and O–H groups in total. The average molecular weight is 260 g/mol. The first-order valence-electron chi connectivity index (χ1n) is 4.63. The van der Waals surface area contributed by atoms with Gasteiger partial charge in [0.15, 0.2) is 0 Å². The Morgan fingerprint density at radius 3 is 2.53 bits per heavy atom. The zero-order valence-electron chi connectivity index (χ0n) is 8.15. The zero-order chi connectivity index (χ0) is 10.7. The lowest BCUT2D eigenvalue weighted by molar-refractivity contribution is 1.29. The van der Waals surface area contributed by atoms with Gasteiger partial charge in [-0.05, 0) is 38.7 Å². The molecule has 0 aliphatic heterocycles. The highest BCUT2D eigenvalue weighted by molar-refractivity contribution is 9.10. The summed E-state index contributed by atoms with van der Waals surface area (Å²) >= 11 is 3.47. The maximum absolute atomic E-state index is 4.10. The summed E-state index contributed by atoms with van der Waals surface area (Å²) in [5.41, 5.74) is 3.21. The predicted octanol–water partition coefficient (Wildman–Crippen LogP) is 3.91. The smallest absolute Gasteiger partial charge is 0.0437 e. The van der Waals surface area contributed by atoms with Crippen LogP contribution < -0.4 is 0 Å². The van der Waals surface area contributed by atoms with Gasteiger partial charge in [-0.1, -0.05) is 36.9 Å². The molecule has 0 radical (unpaired) electrons. The van der Waals surface area contributed by atoms with Crippen molar-refractivity contribution in [2.24, 2.45) is 0 Å². The molecule has 0 bridgehead atoms. The molecule has 0 saturated carbocycles. The molecule has 0 aliphatic rings. The van der Waals surface area contributed by atoms with Crippen molar-refractivity contribution in [3.8, 4) is 0 Å². The minimum absolute atomic E-state index is 0.971. The summed E-state index contributed by atoms with van der Waals surface area (Å²) in [5, 5.41) is 0. The monoisotopic (exact) mass is 259 g/mol. The summed E-state index contributed by atoms with van der Waals surface area (Å²) < 4.78 is 0.971. The predicted molar refractivity (Wildman–Crippen MR) is 66.5 cm³/mol. The molecule has 1 aromatic carbocycles. The first kappa shape index (κ1) is 10.1. The maximum atomic E-state index is 4.10. The molecular weight excluding hydrogens is 250 g/mol. The second kappa shape index (κ2) is 4.41. The summed E-state index contributed by atoms with van der Waals surface area (Å²) in [6.45, 7) is 4.10. The lowest BCUT2D eigenvalue weighted by atomic mass is 10.0. The topological polar surface area (TPSA) is 12.9 Å². The van der Waals surface area contributed by atoms with Crippen LogP contribution in [0.2, 0.25) is 0 Å². The normalized spacial score (nSPS) is 9.93. The van der Waals surface area contributed by atoms with E-state index in [2.05, 4.69) is 39.6 Å². The van der Waals surface area contributed by atoms with E-state index in [9.17, 15) is 0 Å². The van der Waals surface area contributed by atoms with Gasteiger partial charge in [0.1, 0.15) is 0 Å². The van der Waals surface area contributed by atoms with Crippen molar-refractivity contribution >= 4 is 21.5 Å². The van der Waals surface area contributed by atoms with Crippen LogP contribution in [-0.4, -0.2) is 4.98 Å². The van der Waals surface area contributed by atoms with Gasteiger partial charge in [0, 0.05) is 16.9 Å². The fourth-order valence-electron chi connectivity index (χ4n) is 1.41. The SMILES string of the molecule is C=C(c1ccccc1)c1ccncc1Br. The van der Waals surface area contributed by atoms with Crippen LogP contribution in [0.1, 0.15) is 11.1 Å². The van der Waals surface area contributed by atoms with Gasteiger partial charge in [0.25, 0.3) is 0 Å². The molecule has 0 atom stereocenters. The van der Waals surface area contributed by atoms with Crippen LogP contribution in [0.4, 0.5) is 0 Å². The number of benzene rings is 1. The lowest BCUT2D eigenvalue weighted by Gasteiger charge is -2.07. The van der Waals surface area contributed by atoms with E-state index in [-0.39, 0.29) is 0 Å². The largest absolute Gasteiger partial charge is 0.264 e. The van der Waals surface area contributed by atoms with Crippen molar-refractivity contribution in [1.29, 1.82) is 0 Å². The zero-order valence-corrected chi connectivity index (χ0v) is 9.74. The molecule has 0 amide bonds. The molecule has 2 aromatic rings. The molecule has 74 valence electrons. The molecule has 0 unspecified atom stereocenters. The molecule has 2 heteroatoms. The van der Waals surface area contributed by atoms with E-state index in [1.165, 1.54) is 0 Å².